The maximum Gasteiger partial charge on any atom is 0.251 e. The van der Waals surface area contributed by atoms with E-state index in [1.54, 1.807) is 12.1 Å². The molecule has 7 heteroatoms. The first kappa shape index (κ1) is 15.0. The molecule has 0 spiro atoms. The largest absolute Gasteiger partial charge is 0.384 e. The molecule has 0 unspecified atom stereocenters. The lowest BCUT2D eigenvalue weighted by atomic mass is 10.1. The van der Waals surface area contributed by atoms with E-state index in [1.165, 1.54) is 6.33 Å². The lowest BCUT2D eigenvalue weighted by Gasteiger charge is -2.07. The number of anilines is 1. The number of carbonyl (C=O) groups is 1. The minimum atomic E-state index is -0.126. The fraction of sp³-hybridized carbons (Fsp3) is 0.429. The zero-order valence-electron chi connectivity index (χ0n) is 12.1. The highest BCUT2D eigenvalue weighted by molar-refractivity contribution is 5.94. The van der Waals surface area contributed by atoms with Gasteiger partial charge < -0.3 is 11.1 Å². The van der Waals surface area contributed by atoms with Crippen molar-refractivity contribution in [1.29, 1.82) is 0 Å². The highest BCUT2D eigenvalue weighted by Gasteiger charge is 2.08. The molecule has 4 N–H and O–H groups in total. The number of carbonyl (C=O) groups excluding carboxylic acids is 1. The van der Waals surface area contributed by atoms with Gasteiger partial charge in [0.05, 0.1) is 0 Å². The Morgan fingerprint density at radius 2 is 2.24 bits per heavy atom. The number of nitrogen functional groups attached to an aromatic ring is 1. The van der Waals surface area contributed by atoms with Crippen molar-refractivity contribution in [3.8, 4) is 0 Å². The molecule has 7 nitrogen and oxygen atoms in total. The van der Waals surface area contributed by atoms with Gasteiger partial charge in [0.2, 0.25) is 0 Å². The fourth-order valence-corrected chi connectivity index (χ4v) is 2.04. The zero-order valence-corrected chi connectivity index (χ0v) is 12.1. The predicted molar refractivity (Wildman–Crippen MR) is 79.7 cm³/mol. The summed E-state index contributed by atoms with van der Waals surface area (Å²) in [5, 5.41) is 9.44. The maximum atomic E-state index is 12.1. The van der Waals surface area contributed by atoms with Crippen molar-refractivity contribution in [3.05, 3.63) is 35.5 Å². The summed E-state index contributed by atoms with van der Waals surface area (Å²) in [7, 11) is 0. The van der Waals surface area contributed by atoms with Crippen LogP contribution in [-0.4, -0.2) is 32.6 Å². The van der Waals surface area contributed by atoms with Crippen LogP contribution in [0.15, 0.2) is 18.5 Å². The Balaban J connectivity index is 1.85. The van der Waals surface area contributed by atoms with Gasteiger partial charge in [-0.15, -0.1) is 0 Å². The van der Waals surface area contributed by atoms with Crippen molar-refractivity contribution < 1.29 is 4.79 Å². The van der Waals surface area contributed by atoms with Crippen molar-refractivity contribution in [2.24, 2.45) is 0 Å². The van der Waals surface area contributed by atoms with Crippen LogP contribution < -0.4 is 11.1 Å². The molecular weight excluding hydrogens is 268 g/mol. The first-order chi connectivity index (χ1) is 10.2. The quantitative estimate of drug-likeness (QED) is 0.661. The first-order valence-corrected chi connectivity index (χ1v) is 7.08. The lowest BCUT2D eigenvalue weighted by Crippen LogP contribution is -2.25. The van der Waals surface area contributed by atoms with Gasteiger partial charge in [0.1, 0.15) is 18.0 Å². The normalized spacial score (nSPS) is 10.5. The zero-order chi connectivity index (χ0) is 15.1. The number of aromatic amines is 1. The molecule has 2 aromatic rings. The number of pyridine rings is 1. The van der Waals surface area contributed by atoms with Crippen molar-refractivity contribution in [3.63, 3.8) is 0 Å². The highest BCUT2D eigenvalue weighted by Crippen LogP contribution is 2.09. The molecule has 2 rings (SSSR count). The summed E-state index contributed by atoms with van der Waals surface area (Å²) in [4.78, 5) is 20.3. The SMILES string of the molecule is CCCc1cc(C(=O)NCCCc2ncn[nH]2)cc(N)n1. The summed E-state index contributed by atoms with van der Waals surface area (Å²) >= 11 is 0. The van der Waals surface area contributed by atoms with E-state index >= 15 is 0 Å². The second kappa shape index (κ2) is 7.37. The molecule has 21 heavy (non-hydrogen) atoms. The van der Waals surface area contributed by atoms with E-state index in [-0.39, 0.29) is 5.91 Å². The van der Waals surface area contributed by atoms with E-state index in [0.29, 0.717) is 17.9 Å². The monoisotopic (exact) mass is 288 g/mol. The van der Waals surface area contributed by atoms with E-state index in [9.17, 15) is 4.79 Å². The van der Waals surface area contributed by atoms with Gasteiger partial charge in [-0.05, 0) is 25.0 Å². The van der Waals surface area contributed by atoms with Gasteiger partial charge in [0.25, 0.3) is 5.91 Å². The van der Waals surface area contributed by atoms with Gasteiger partial charge in [0, 0.05) is 24.2 Å². The van der Waals surface area contributed by atoms with Gasteiger partial charge in [-0.3, -0.25) is 9.89 Å². The molecule has 112 valence electrons. The van der Waals surface area contributed by atoms with Crippen LogP contribution in [-0.2, 0) is 12.8 Å². The molecule has 2 aromatic heterocycles. The maximum absolute atomic E-state index is 12.1. The number of nitrogens with zero attached hydrogens (tertiary/aromatic N) is 3. The second-order valence-corrected chi connectivity index (χ2v) is 4.81. The minimum Gasteiger partial charge on any atom is -0.384 e. The van der Waals surface area contributed by atoms with Crippen molar-refractivity contribution >= 4 is 11.7 Å². The molecule has 0 aliphatic carbocycles. The number of hydrogen-bond acceptors (Lipinski definition) is 5. The average molecular weight is 288 g/mol. The number of aromatic nitrogens is 4. The van der Waals surface area contributed by atoms with E-state index in [1.807, 2.05) is 0 Å². The molecular formula is C14H20N6O. The molecule has 0 aromatic carbocycles. The Morgan fingerprint density at radius 3 is 2.95 bits per heavy atom. The van der Waals surface area contributed by atoms with Crippen molar-refractivity contribution in [2.75, 3.05) is 12.3 Å². The van der Waals surface area contributed by atoms with Gasteiger partial charge in [-0.25, -0.2) is 9.97 Å². The molecule has 1 amide bonds. The molecule has 0 bridgehead atoms. The summed E-state index contributed by atoms with van der Waals surface area (Å²) in [5.41, 5.74) is 7.15. The van der Waals surface area contributed by atoms with Crippen LogP contribution >= 0.6 is 0 Å². The molecule has 0 aliphatic heterocycles. The van der Waals surface area contributed by atoms with Crippen molar-refractivity contribution in [2.45, 2.75) is 32.6 Å². The smallest absolute Gasteiger partial charge is 0.251 e. The van der Waals surface area contributed by atoms with E-state index in [4.69, 9.17) is 5.73 Å². The third-order valence-corrected chi connectivity index (χ3v) is 3.01. The van der Waals surface area contributed by atoms with Crippen LogP contribution in [0.2, 0.25) is 0 Å². The van der Waals surface area contributed by atoms with Gasteiger partial charge in [0.15, 0.2) is 0 Å². The highest BCUT2D eigenvalue weighted by atomic mass is 16.1. The van der Waals surface area contributed by atoms with E-state index in [0.717, 1.165) is 37.2 Å². The number of hydrogen-bond donors (Lipinski definition) is 3. The molecule has 0 saturated heterocycles. The number of nitrogens with two attached hydrogens (primary N) is 1. The summed E-state index contributed by atoms with van der Waals surface area (Å²) in [6, 6.07) is 3.40. The van der Waals surface area contributed by atoms with Gasteiger partial charge in [-0.2, -0.15) is 5.10 Å². The predicted octanol–water partition coefficient (Wildman–Crippen LogP) is 1.10. The van der Waals surface area contributed by atoms with Gasteiger partial charge in [-0.1, -0.05) is 13.3 Å². The Bertz CT molecular complexity index is 581. The third kappa shape index (κ3) is 4.55. The Hall–Kier alpha value is -2.44. The van der Waals surface area contributed by atoms with Gasteiger partial charge >= 0.3 is 0 Å². The van der Waals surface area contributed by atoms with Crippen LogP contribution in [0.1, 0.15) is 41.6 Å². The first-order valence-electron chi connectivity index (χ1n) is 7.08. The topological polar surface area (TPSA) is 110 Å². The number of H-pyrrole nitrogens is 1. The number of aryl methyl sites for hydroxylation is 2. The second-order valence-electron chi connectivity index (χ2n) is 4.81. The molecule has 0 atom stereocenters. The third-order valence-electron chi connectivity index (χ3n) is 3.01. The van der Waals surface area contributed by atoms with Crippen molar-refractivity contribution in [1.82, 2.24) is 25.5 Å². The Labute approximate surface area is 123 Å². The molecule has 0 radical (unpaired) electrons. The minimum absolute atomic E-state index is 0.126. The number of rotatable bonds is 7. The standard InChI is InChI=1S/C14H20N6O/c1-2-4-11-7-10(8-12(15)19-11)14(21)16-6-3-5-13-17-9-18-20-13/h7-9H,2-6H2,1H3,(H2,15,19)(H,16,21)(H,17,18,20). The summed E-state index contributed by atoms with van der Waals surface area (Å²) < 4.78 is 0. The average Bonchev–Trinajstić information content (AvgIpc) is 2.96. The Morgan fingerprint density at radius 1 is 1.38 bits per heavy atom. The molecule has 0 fully saturated rings. The molecule has 0 aliphatic rings. The van der Waals surface area contributed by atoms with Crippen LogP contribution in [0.4, 0.5) is 5.82 Å². The summed E-state index contributed by atoms with van der Waals surface area (Å²) in [5.74, 6) is 1.08. The van der Waals surface area contributed by atoms with Crippen LogP contribution in [0.25, 0.3) is 0 Å². The summed E-state index contributed by atoms with van der Waals surface area (Å²) in [6.45, 7) is 2.64. The van der Waals surface area contributed by atoms with Crippen LogP contribution in [0, 0.1) is 0 Å². The molecule has 0 saturated carbocycles. The van der Waals surface area contributed by atoms with E-state index in [2.05, 4.69) is 32.4 Å². The van der Waals surface area contributed by atoms with E-state index < -0.39 is 0 Å². The number of nitrogens with one attached hydrogen (secondary N) is 2. The number of amides is 1. The molecule has 2 heterocycles. The lowest BCUT2D eigenvalue weighted by molar-refractivity contribution is 0.0953. The summed E-state index contributed by atoms with van der Waals surface area (Å²) in [6.07, 6.45) is 4.80. The van der Waals surface area contributed by atoms with Crippen LogP contribution in [0.3, 0.4) is 0 Å². The Kier molecular flexibility index (Phi) is 5.25. The van der Waals surface area contributed by atoms with Crippen LogP contribution in [0.5, 0.6) is 0 Å². The fourth-order valence-electron chi connectivity index (χ4n) is 2.04.